The summed E-state index contributed by atoms with van der Waals surface area (Å²) in [5, 5.41) is 10.3. The molecule has 1 fully saturated rings. The smallest absolute Gasteiger partial charge is 0.131 e. The molecule has 1 aromatic carbocycles. The standard InChI is InChI=1S/C19H23F2N3O/c1-14(15-3-2-6-22-12-15)24-9-7-23(8-10-24)13-19(25)17-5-4-16(20)11-18(17)21/h2-6,11-12,14,19,25H,7-10,13H2,1H3. The second-order valence-electron chi connectivity index (χ2n) is 6.48. The number of hydrogen-bond acceptors (Lipinski definition) is 4. The van der Waals surface area contributed by atoms with Gasteiger partial charge in [0.05, 0.1) is 6.10 Å². The quantitative estimate of drug-likeness (QED) is 0.903. The van der Waals surface area contributed by atoms with Crippen LogP contribution in [0.1, 0.15) is 30.2 Å². The molecule has 134 valence electrons. The Kier molecular flexibility index (Phi) is 5.73. The number of halogens is 2. The lowest BCUT2D eigenvalue weighted by atomic mass is 10.1. The number of aromatic nitrogens is 1. The minimum atomic E-state index is -0.956. The highest BCUT2D eigenvalue weighted by atomic mass is 19.1. The summed E-state index contributed by atoms with van der Waals surface area (Å²) in [4.78, 5) is 8.65. The van der Waals surface area contributed by atoms with Gasteiger partial charge in [0.1, 0.15) is 11.6 Å². The molecule has 2 unspecified atom stereocenters. The number of aliphatic hydroxyl groups excluding tert-OH is 1. The molecule has 1 N–H and O–H groups in total. The average molecular weight is 347 g/mol. The maximum atomic E-state index is 13.8. The fourth-order valence-electron chi connectivity index (χ4n) is 3.28. The third-order valence-electron chi connectivity index (χ3n) is 4.87. The van der Waals surface area contributed by atoms with Crippen molar-refractivity contribution in [1.82, 2.24) is 14.8 Å². The number of pyridine rings is 1. The zero-order valence-electron chi connectivity index (χ0n) is 14.3. The SMILES string of the molecule is CC(c1cccnc1)N1CCN(CC(O)c2ccc(F)cc2F)CC1. The van der Waals surface area contributed by atoms with Crippen molar-refractivity contribution >= 4 is 0 Å². The van der Waals surface area contributed by atoms with E-state index in [-0.39, 0.29) is 11.6 Å². The molecular formula is C19H23F2N3O. The van der Waals surface area contributed by atoms with Crippen molar-refractivity contribution in [1.29, 1.82) is 0 Å². The van der Waals surface area contributed by atoms with Crippen LogP contribution in [0.3, 0.4) is 0 Å². The molecule has 0 bridgehead atoms. The van der Waals surface area contributed by atoms with Crippen LogP contribution in [0.5, 0.6) is 0 Å². The molecule has 1 aliphatic rings. The Morgan fingerprint density at radius 3 is 2.56 bits per heavy atom. The number of nitrogens with zero attached hydrogens (tertiary/aromatic N) is 3. The third-order valence-corrected chi connectivity index (χ3v) is 4.87. The van der Waals surface area contributed by atoms with E-state index in [2.05, 4.69) is 27.8 Å². The number of aliphatic hydroxyl groups is 1. The van der Waals surface area contributed by atoms with Gasteiger partial charge in [0.15, 0.2) is 0 Å². The van der Waals surface area contributed by atoms with E-state index >= 15 is 0 Å². The van der Waals surface area contributed by atoms with Gasteiger partial charge in [0.25, 0.3) is 0 Å². The summed E-state index contributed by atoms with van der Waals surface area (Å²) in [6, 6.07) is 7.60. The van der Waals surface area contributed by atoms with E-state index in [0.717, 1.165) is 32.2 Å². The lowest BCUT2D eigenvalue weighted by Crippen LogP contribution is -2.48. The third kappa shape index (κ3) is 4.39. The first kappa shape index (κ1) is 17.9. The summed E-state index contributed by atoms with van der Waals surface area (Å²) in [5.74, 6) is -1.33. The number of β-amino-alcohol motifs (C(OH)–C–C–N with tert-alkyl or cyclic N) is 1. The molecule has 4 nitrogen and oxygen atoms in total. The highest BCUT2D eigenvalue weighted by Gasteiger charge is 2.24. The molecule has 0 spiro atoms. The van der Waals surface area contributed by atoms with Crippen LogP contribution in [-0.4, -0.2) is 52.6 Å². The molecule has 2 heterocycles. The highest BCUT2D eigenvalue weighted by molar-refractivity contribution is 5.21. The Labute approximate surface area is 146 Å². The van der Waals surface area contributed by atoms with E-state index in [1.54, 1.807) is 6.20 Å². The molecule has 1 aliphatic heterocycles. The van der Waals surface area contributed by atoms with Crippen molar-refractivity contribution in [2.24, 2.45) is 0 Å². The molecule has 0 saturated carbocycles. The maximum absolute atomic E-state index is 13.8. The van der Waals surface area contributed by atoms with Gasteiger partial charge in [-0.05, 0) is 24.6 Å². The Hall–Kier alpha value is -1.89. The molecule has 25 heavy (non-hydrogen) atoms. The lowest BCUT2D eigenvalue weighted by Gasteiger charge is -2.38. The summed E-state index contributed by atoms with van der Waals surface area (Å²) in [6.07, 6.45) is 2.70. The summed E-state index contributed by atoms with van der Waals surface area (Å²) in [5.41, 5.74) is 1.33. The Balaban J connectivity index is 1.54. The van der Waals surface area contributed by atoms with E-state index in [0.29, 0.717) is 6.54 Å². The van der Waals surface area contributed by atoms with Crippen LogP contribution in [0.2, 0.25) is 0 Å². The van der Waals surface area contributed by atoms with Crippen molar-refractivity contribution < 1.29 is 13.9 Å². The van der Waals surface area contributed by atoms with E-state index in [9.17, 15) is 13.9 Å². The lowest BCUT2D eigenvalue weighted by molar-refractivity contribution is 0.0575. The molecule has 0 amide bonds. The van der Waals surface area contributed by atoms with Crippen LogP contribution in [0.4, 0.5) is 8.78 Å². The Morgan fingerprint density at radius 1 is 1.16 bits per heavy atom. The number of piperazine rings is 1. The fourth-order valence-corrected chi connectivity index (χ4v) is 3.28. The predicted octanol–water partition coefficient (Wildman–Crippen LogP) is 2.77. The molecule has 0 aliphatic carbocycles. The van der Waals surface area contributed by atoms with Gasteiger partial charge in [-0.15, -0.1) is 0 Å². The minimum Gasteiger partial charge on any atom is -0.387 e. The molecular weight excluding hydrogens is 324 g/mol. The van der Waals surface area contributed by atoms with Crippen molar-refractivity contribution in [3.05, 3.63) is 65.5 Å². The zero-order chi connectivity index (χ0) is 17.8. The first-order chi connectivity index (χ1) is 12.0. The van der Waals surface area contributed by atoms with Crippen LogP contribution >= 0.6 is 0 Å². The average Bonchev–Trinajstić information content (AvgIpc) is 2.62. The van der Waals surface area contributed by atoms with Crippen molar-refractivity contribution in [3.63, 3.8) is 0 Å². The number of hydrogen-bond donors (Lipinski definition) is 1. The largest absolute Gasteiger partial charge is 0.387 e. The van der Waals surface area contributed by atoms with Gasteiger partial charge in [0, 0.05) is 62.8 Å². The van der Waals surface area contributed by atoms with E-state index < -0.39 is 17.7 Å². The van der Waals surface area contributed by atoms with E-state index in [1.165, 1.54) is 17.7 Å². The van der Waals surface area contributed by atoms with Gasteiger partial charge < -0.3 is 5.11 Å². The first-order valence-electron chi connectivity index (χ1n) is 8.54. The maximum Gasteiger partial charge on any atom is 0.131 e. The Bertz CT molecular complexity index is 690. The van der Waals surface area contributed by atoms with Crippen molar-refractivity contribution in [2.45, 2.75) is 19.1 Å². The van der Waals surface area contributed by atoms with Gasteiger partial charge in [-0.1, -0.05) is 12.1 Å². The normalized spacial score (nSPS) is 18.9. The summed E-state index contributed by atoms with van der Waals surface area (Å²) < 4.78 is 26.8. The fraction of sp³-hybridized carbons (Fsp3) is 0.421. The van der Waals surface area contributed by atoms with Crippen LogP contribution in [0, 0.1) is 11.6 Å². The van der Waals surface area contributed by atoms with Gasteiger partial charge >= 0.3 is 0 Å². The van der Waals surface area contributed by atoms with Crippen LogP contribution in [0.15, 0.2) is 42.7 Å². The second kappa shape index (κ2) is 7.99. The topological polar surface area (TPSA) is 39.6 Å². The van der Waals surface area contributed by atoms with Crippen molar-refractivity contribution in [3.8, 4) is 0 Å². The van der Waals surface area contributed by atoms with Gasteiger partial charge in [0.2, 0.25) is 0 Å². The van der Waals surface area contributed by atoms with Crippen LogP contribution in [0.25, 0.3) is 0 Å². The number of benzene rings is 1. The second-order valence-corrected chi connectivity index (χ2v) is 6.48. The first-order valence-corrected chi connectivity index (χ1v) is 8.54. The minimum absolute atomic E-state index is 0.146. The molecule has 0 radical (unpaired) electrons. The van der Waals surface area contributed by atoms with Crippen LogP contribution < -0.4 is 0 Å². The van der Waals surface area contributed by atoms with Crippen LogP contribution in [-0.2, 0) is 0 Å². The van der Waals surface area contributed by atoms with E-state index in [1.807, 2.05) is 12.3 Å². The zero-order valence-corrected chi connectivity index (χ0v) is 14.3. The van der Waals surface area contributed by atoms with Crippen molar-refractivity contribution in [2.75, 3.05) is 32.7 Å². The molecule has 3 rings (SSSR count). The van der Waals surface area contributed by atoms with Gasteiger partial charge in [-0.2, -0.15) is 0 Å². The highest BCUT2D eigenvalue weighted by Crippen LogP contribution is 2.23. The summed E-state index contributed by atoms with van der Waals surface area (Å²) in [6.45, 7) is 5.84. The molecule has 2 aromatic rings. The summed E-state index contributed by atoms with van der Waals surface area (Å²) in [7, 11) is 0. The Morgan fingerprint density at radius 2 is 1.92 bits per heavy atom. The predicted molar refractivity (Wildman–Crippen MR) is 92.0 cm³/mol. The molecule has 1 saturated heterocycles. The molecule has 6 heteroatoms. The monoisotopic (exact) mass is 347 g/mol. The van der Waals surface area contributed by atoms with Gasteiger partial charge in [-0.3, -0.25) is 14.8 Å². The molecule has 1 aromatic heterocycles. The summed E-state index contributed by atoms with van der Waals surface area (Å²) >= 11 is 0. The van der Waals surface area contributed by atoms with Gasteiger partial charge in [-0.25, -0.2) is 8.78 Å². The van der Waals surface area contributed by atoms with E-state index in [4.69, 9.17) is 0 Å². The molecule has 2 atom stereocenters. The number of rotatable bonds is 5.